The highest BCUT2D eigenvalue weighted by atomic mass is 16.5. The number of benzene rings is 1. The Hall–Kier alpha value is -2.37. The van der Waals surface area contributed by atoms with E-state index in [4.69, 9.17) is 14.9 Å². The number of ether oxygens (including phenoxy) is 1. The predicted molar refractivity (Wildman–Crippen MR) is 74.7 cm³/mol. The Morgan fingerprint density at radius 3 is 2.24 bits per heavy atom. The Kier molecular flexibility index (Phi) is 5.90. The number of carboxylic acid groups (broad SMARTS) is 2. The van der Waals surface area contributed by atoms with Gasteiger partial charge in [-0.05, 0) is 30.9 Å². The van der Waals surface area contributed by atoms with Crippen molar-refractivity contribution in [1.82, 2.24) is 0 Å². The molecule has 0 saturated carbocycles. The van der Waals surface area contributed by atoms with E-state index in [0.717, 1.165) is 12.5 Å². The van der Waals surface area contributed by atoms with Gasteiger partial charge in [-0.15, -0.1) is 0 Å². The molecule has 0 amide bonds. The van der Waals surface area contributed by atoms with Gasteiger partial charge in [0.05, 0.1) is 23.3 Å². The quantitative estimate of drug-likeness (QED) is 0.592. The van der Waals surface area contributed by atoms with Crippen molar-refractivity contribution in [2.24, 2.45) is 5.92 Å². The van der Waals surface area contributed by atoms with Crippen LogP contribution in [0.5, 0.6) is 0 Å². The number of carbonyl (C=O) groups excluding carboxylic acids is 1. The van der Waals surface area contributed by atoms with Crippen molar-refractivity contribution in [3.8, 4) is 0 Å². The zero-order chi connectivity index (χ0) is 16.0. The minimum Gasteiger partial charge on any atom is -0.478 e. The predicted octanol–water partition coefficient (Wildman–Crippen LogP) is 2.68. The van der Waals surface area contributed by atoms with Gasteiger partial charge < -0.3 is 14.9 Å². The smallest absolute Gasteiger partial charge is 0.339 e. The molecule has 21 heavy (non-hydrogen) atoms. The molecule has 0 aliphatic carbocycles. The van der Waals surface area contributed by atoms with Gasteiger partial charge in [-0.3, -0.25) is 0 Å². The zero-order valence-corrected chi connectivity index (χ0v) is 12.0. The average Bonchev–Trinajstić information content (AvgIpc) is 2.42. The summed E-state index contributed by atoms with van der Waals surface area (Å²) in [5.74, 6) is -3.21. The molecule has 6 heteroatoms. The minimum absolute atomic E-state index is 0.174. The molecule has 0 unspecified atom stereocenters. The molecule has 114 valence electrons. The maximum atomic E-state index is 11.9. The molecule has 0 aliphatic rings. The molecule has 0 heterocycles. The third-order valence-electron chi connectivity index (χ3n) is 2.89. The molecule has 1 aromatic carbocycles. The number of rotatable bonds is 7. The summed E-state index contributed by atoms with van der Waals surface area (Å²) >= 11 is 0. The van der Waals surface area contributed by atoms with E-state index in [-0.39, 0.29) is 12.2 Å². The Labute approximate surface area is 122 Å². The van der Waals surface area contributed by atoms with Crippen LogP contribution in [0.15, 0.2) is 18.2 Å². The summed E-state index contributed by atoms with van der Waals surface area (Å²) < 4.78 is 5.01. The highest BCUT2D eigenvalue weighted by Gasteiger charge is 2.24. The summed E-state index contributed by atoms with van der Waals surface area (Å²) in [4.78, 5) is 34.1. The highest BCUT2D eigenvalue weighted by molar-refractivity contribution is 6.09. The Morgan fingerprint density at radius 1 is 1.10 bits per heavy atom. The second-order valence-corrected chi connectivity index (χ2v) is 5.01. The summed E-state index contributed by atoms with van der Waals surface area (Å²) in [5, 5.41) is 18.1. The van der Waals surface area contributed by atoms with Gasteiger partial charge in [-0.2, -0.15) is 0 Å². The maximum absolute atomic E-state index is 11.9. The van der Waals surface area contributed by atoms with Gasteiger partial charge in [0.2, 0.25) is 0 Å². The zero-order valence-electron chi connectivity index (χ0n) is 12.0. The number of aromatic carboxylic acids is 2. The number of esters is 1. The Morgan fingerprint density at radius 2 is 1.71 bits per heavy atom. The fourth-order valence-corrected chi connectivity index (χ4v) is 1.87. The van der Waals surface area contributed by atoms with E-state index in [1.807, 2.05) is 13.8 Å². The summed E-state index contributed by atoms with van der Waals surface area (Å²) in [6.07, 6.45) is 1.55. The number of hydrogen-bond acceptors (Lipinski definition) is 4. The third-order valence-corrected chi connectivity index (χ3v) is 2.89. The molecule has 2 N–H and O–H groups in total. The lowest BCUT2D eigenvalue weighted by atomic mass is 10.0. The second-order valence-electron chi connectivity index (χ2n) is 5.01. The first kappa shape index (κ1) is 16.7. The number of carboxylic acids is 2. The van der Waals surface area contributed by atoms with E-state index in [1.54, 1.807) is 0 Å². The summed E-state index contributed by atoms with van der Waals surface area (Å²) in [5.41, 5.74) is -1.22. The van der Waals surface area contributed by atoms with Crippen LogP contribution in [-0.2, 0) is 4.74 Å². The van der Waals surface area contributed by atoms with Crippen LogP contribution in [0.2, 0.25) is 0 Å². The molecule has 0 aliphatic heterocycles. The lowest BCUT2D eigenvalue weighted by molar-refractivity contribution is 0.0484. The molecule has 0 atom stereocenters. The molecule has 0 spiro atoms. The summed E-state index contributed by atoms with van der Waals surface area (Å²) in [6.45, 7) is 4.26. The van der Waals surface area contributed by atoms with Crippen LogP contribution in [0, 0.1) is 5.92 Å². The van der Waals surface area contributed by atoms with Gasteiger partial charge >= 0.3 is 17.9 Å². The standard InChI is InChI=1S/C15H18O6/c1-9(2)5-4-8-21-15(20)11-7-3-6-10(13(16)17)12(11)14(18)19/h3,6-7,9H,4-5,8H2,1-2H3,(H,16,17)(H,18,19). The van der Waals surface area contributed by atoms with E-state index >= 15 is 0 Å². The molecule has 1 rings (SSSR count). The molecule has 0 saturated heterocycles. The van der Waals surface area contributed by atoms with Gasteiger partial charge in [0, 0.05) is 0 Å². The molecule has 0 fully saturated rings. The molecular formula is C15H18O6. The van der Waals surface area contributed by atoms with Crippen LogP contribution in [0.4, 0.5) is 0 Å². The normalized spacial score (nSPS) is 10.4. The summed E-state index contributed by atoms with van der Waals surface area (Å²) in [7, 11) is 0. The monoisotopic (exact) mass is 294 g/mol. The van der Waals surface area contributed by atoms with Gasteiger partial charge in [0.15, 0.2) is 0 Å². The van der Waals surface area contributed by atoms with Crippen molar-refractivity contribution in [2.45, 2.75) is 26.7 Å². The maximum Gasteiger partial charge on any atom is 0.339 e. The van der Waals surface area contributed by atoms with Gasteiger partial charge in [-0.25, -0.2) is 14.4 Å². The second kappa shape index (κ2) is 7.42. The fourth-order valence-electron chi connectivity index (χ4n) is 1.87. The van der Waals surface area contributed by atoms with Crippen molar-refractivity contribution in [2.75, 3.05) is 6.61 Å². The van der Waals surface area contributed by atoms with Crippen molar-refractivity contribution >= 4 is 17.9 Å². The topological polar surface area (TPSA) is 101 Å². The molecule has 1 aromatic rings. The molecule has 0 radical (unpaired) electrons. The van der Waals surface area contributed by atoms with Crippen LogP contribution < -0.4 is 0 Å². The largest absolute Gasteiger partial charge is 0.478 e. The van der Waals surface area contributed by atoms with Crippen LogP contribution >= 0.6 is 0 Å². The van der Waals surface area contributed by atoms with Crippen molar-refractivity contribution < 1.29 is 29.3 Å². The SMILES string of the molecule is CC(C)CCCOC(=O)c1cccc(C(=O)O)c1C(=O)O. The summed E-state index contributed by atoms with van der Waals surface area (Å²) in [6, 6.07) is 3.71. The van der Waals surface area contributed by atoms with Gasteiger partial charge in [0.25, 0.3) is 0 Å². The van der Waals surface area contributed by atoms with Crippen LogP contribution in [-0.4, -0.2) is 34.7 Å². The average molecular weight is 294 g/mol. The lowest BCUT2D eigenvalue weighted by Crippen LogP contribution is -2.16. The molecule has 0 bridgehead atoms. The number of carbonyl (C=O) groups is 3. The van der Waals surface area contributed by atoms with Crippen molar-refractivity contribution in [3.05, 3.63) is 34.9 Å². The van der Waals surface area contributed by atoms with E-state index in [9.17, 15) is 14.4 Å². The first-order chi connectivity index (χ1) is 9.84. The van der Waals surface area contributed by atoms with Crippen molar-refractivity contribution in [1.29, 1.82) is 0 Å². The van der Waals surface area contributed by atoms with Gasteiger partial charge in [0.1, 0.15) is 0 Å². The van der Waals surface area contributed by atoms with E-state index in [1.165, 1.54) is 12.1 Å². The molecular weight excluding hydrogens is 276 g/mol. The van der Waals surface area contributed by atoms with E-state index in [2.05, 4.69) is 0 Å². The lowest BCUT2D eigenvalue weighted by Gasteiger charge is -2.10. The highest BCUT2D eigenvalue weighted by Crippen LogP contribution is 2.17. The molecule has 6 nitrogen and oxygen atoms in total. The minimum atomic E-state index is -1.47. The Balaban J connectivity index is 2.91. The van der Waals surface area contributed by atoms with Crippen molar-refractivity contribution in [3.63, 3.8) is 0 Å². The van der Waals surface area contributed by atoms with E-state index < -0.39 is 29.0 Å². The fraction of sp³-hybridized carbons (Fsp3) is 0.400. The first-order valence-electron chi connectivity index (χ1n) is 6.61. The third kappa shape index (κ3) is 4.59. The first-order valence-corrected chi connectivity index (χ1v) is 6.61. The van der Waals surface area contributed by atoms with E-state index in [0.29, 0.717) is 12.3 Å². The Bertz CT molecular complexity index is 547. The van der Waals surface area contributed by atoms with Crippen LogP contribution in [0.1, 0.15) is 57.8 Å². The molecule has 0 aromatic heterocycles. The van der Waals surface area contributed by atoms with Crippen LogP contribution in [0.3, 0.4) is 0 Å². The van der Waals surface area contributed by atoms with Gasteiger partial charge in [-0.1, -0.05) is 19.9 Å². The number of hydrogen-bond donors (Lipinski definition) is 2. The van der Waals surface area contributed by atoms with Crippen LogP contribution in [0.25, 0.3) is 0 Å².